The molecule has 13 nitrogen and oxygen atoms in total. The topological polar surface area (TPSA) is 178 Å². The number of hydrogen-bond donors (Lipinski definition) is 2. The lowest BCUT2D eigenvalue weighted by atomic mass is 9.87. The molecule has 0 radical (unpaired) electrons. The molecule has 2 fully saturated rings. The van der Waals surface area contributed by atoms with Gasteiger partial charge in [-0.2, -0.15) is 14.7 Å². The molecule has 0 unspecified atom stereocenters. The van der Waals surface area contributed by atoms with Crippen molar-refractivity contribution in [1.29, 1.82) is 0 Å². The number of anilines is 1. The zero-order valence-corrected chi connectivity index (χ0v) is 22.9. The Kier molecular flexibility index (Phi) is 5.67. The lowest BCUT2D eigenvalue weighted by molar-refractivity contribution is 0.0556. The van der Waals surface area contributed by atoms with Crippen LogP contribution in [0.2, 0.25) is 0 Å². The number of amides is 1. The lowest BCUT2D eigenvalue weighted by Gasteiger charge is -2.38. The van der Waals surface area contributed by atoms with Crippen LogP contribution in [0.3, 0.4) is 0 Å². The van der Waals surface area contributed by atoms with Crippen molar-refractivity contribution in [2.24, 2.45) is 0 Å². The number of nitrogen functional groups attached to an aromatic ring is 1. The van der Waals surface area contributed by atoms with Crippen LogP contribution in [-0.4, -0.2) is 77.3 Å². The molecule has 0 spiro atoms. The number of piperidine rings is 1. The van der Waals surface area contributed by atoms with E-state index in [0.29, 0.717) is 29.7 Å². The van der Waals surface area contributed by atoms with Gasteiger partial charge in [0.15, 0.2) is 15.5 Å². The van der Waals surface area contributed by atoms with Crippen LogP contribution in [0.15, 0.2) is 47.3 Å². The summed E-state index contributed by atoms with van der Waals surface area (Å²) in [7, 11) is -3.74. The molecule has 2 saturated heterocycles. The number of sulfone groups is 1. The van der Waals surface area contributed by atoms with Crippen molar-refractivity contribution >= 4 is 38.5 Å². The van der Waals surface area contributed by atoms with Crippen molar-refractivity contribution in [3.05, 3.63) is 53.9 Å². The van der Waals surface area contributed by atoms with Gasteiger partial charge >= 0.3 is 0 Å². The Morgan fingerprint density at radius 2 is 1.93 bits per heavy atom. The molecule has 2 bridgehead atoms. The molecule has 40 heavy (non-hydrogen) atoms. The Bertz CT molecular complexity index is 1820. The molecule has 204 valence electrons. The first-order valence-electron chi connectivity index (χ1n) is 12.7. The highest BCUT2D eigenvalue weighted by molar-refractivity contribution is 7.91. The number of nitrogens with zero attached hydrogens (tertiary/aromatic N) is 8. The van der Waals surface area contributed by atoms with Gasteiger partial charge in [0.25, 0.3) is 5.91 Å². The molecule has 2 aliphatic rings. The molecule has 1 amide bonds. The highest BCUT2D eigenvalue weighted by Gasteiger charge is 2.46. The first-order chi connectivity index (χ1) is 19.3. The summed E-state index contributed by atoms with van der Waals surface area (Å²) < 4.78 is 27.4. The normalized spacial score (nSPS) is 20.8. The molecule has 3 N–H and O–H groups in total. The van der Waals surface area contributed by atoms with Crippen molar-refractivity contribution in [2.75, 3.05) is 12.0 Å². The average molecular weight is 577 g/mol. The molecule has 2 atom stereocenters. The van der Waals surface area contributed by atoms with E-state index in [0.717, 1.165) is 35.4 Å². The number of fused-ring (bicyclic) bond motifs is 3. The number of aromatic nitrogens is 8. The van der Waals surface area contributed by atoms with Crippen LogP contribution in [0.1, 0.15) is 47.9 Å². The fourth-order valence-corrected chi connectivity index (χ4v) is 7.74. The van der Waals surface area contributed by atoms with Crippen LogP contribution < -0.4 is 5.73 Å². The van der Waals surface area contributed by atoms with Gasteiger partial charge in [0, 0.05) is 53.2 Å². The number of carbonyl (C=O) groups excluding carboxylic acids is 1. The van der Waals surface area contributed by atoms with E-state index >= 15 is 0 Å². The number of carbonyl (C=O) groups is 1. The van der Waals surface area contributed by atoms with E-state index in [1.54, 1.807) is 18.6 Å². The first kappa shape index (κ1) is 24.8. The van der Waals surface area contributed by atoms with E-state index in [2.05, 4.69) is 30.2 Å². The summed E-state index contributed by atoms with van der Waals surface area (Å²) in [6.07, 6.45) is 10.3. The number of hydrogen-bond acceptors (Lipinski definition) is 11. The number of H-pyrrole nitrogens is 1. The highest BCUT2D eigenvalue weighted by atomic mass is 32.2. The third kappa shape index (κ3) is 3.95. The van der Waals surface area contributed by atoms with Gasteiger partial charge in [0.05, 0.1) is 17.6 Å². The number of rotatable bonds is 5. The Morgan fingerprint density at radius 1 is 1.12 bits per heavy atom. The van der Waals surface area contributed by atoms with E-state index in [9.17, 15) is 13.2 Å². The predicted octanol–water partition coefficient (Wildman–Crippen LogP) is 2.57. The fraction of sp³-hybridized carbons (Fsp3) is 0.320. The summed E-state index contributed by atoms with van der Waals surface area (Å²) >= 11 is 1.50. The zero-order chi connectivity index (χ0) is 27.6. The van der Waals surface area contributed by atoms with Crippen molar-refractivity contribution in [3.8, 4) is 21.8 Å². The molecule has 15 heteroatoms. The van der Waals surface area contributed by atoms with Gasteiger partial charge in [-0.1, -0.05) is 6.07 Å². The van der Waals surface area contributed by atoms with Crippen LogP contribution in [0.5, 0.6) is 0 Å². The Labute approximate surface area is 232 Å². The number of nitrogens with two attached hydrogens (primary N) is 1. The number of pyridine rings is 1. The average Bonchev–Trinajstić information content (AvgIpc) is 3.74. The largest absolute Gasteiger partial charge is 0.382 e. The van der Waals surface area contributed by atoms with Crippen LogP contribution in [-0.2, 0) is 9.84 Å². The van der Waals surface area contributed by atoms with Gasteiger partial charge in [-0.15, -0.1) is 11.3 Å². The molecule has 0 aromatic carbocycles. The molecule has 5 aromatic rings. The van der Waals surface area contributed by atoms with Crippen LogP contribution in [0.4, 0.5) is 5.82 Å². The van der Waals surface area contributed by atoms with E-state index in [1.807, 2.05) is 22.4 Å². The number of thiazole rings is 1. The summed E-state index contributed by atoms with van der Waals surface area (Å²) in [6.45, 7) is 0. The lowest BCUT2D eigenvalue weighted by Crippen LogP contribution is -2.46. The summed E-state index contributed by atoms with van der Waals surface area (Å²) in [4.78, 5) is 32.8. The predicted molar refractivity (Wildman–Crippen MR) is 146 cm³/mol. The summed E-state index contributed by atoms with van der Waals surface area (Å²) in [5.74, 6) is -0.175. The van der Waals surface area contributed by atoms with Gasteiger partial charge in [0.2, 0.25) is 5.82 Å². The maximum Gasteiger partial charge on any atom is 0.291 e. The molecule has 5 aromatic heterocycles. The van der Waals surface area contributed by atoms with Crippen molar-refractivity contribution in [2.45, 2.75) is 48.6 Å². The first-order valence-corrected chi connectivity index (χ1v) is 15.5. The highest BCUT2D eigenvalue weighted by Crippen LogP contribution is 2.45. The van der Waals surface area contributed by atoms with Gasteiger partial charge in [-0.3, -0.25) is 14.9 Å². The van der Waals surface area contributed by atoms with Crippen LogP contribution in [0, 0.1) is 0 Å². The SMILES string of the molecule is CS(=O)(=O)c1c(C2C[C@H]3CC[C@H](C2)N3C(=O)c2ncn[nH]2)nc2c(-c3ccc(-c4nccs4)nc3)cnn2c1N. The van der Waals surface area contributed by atoms with E-state index in [4.69, 9.17) is 10.7 Å². The quantitative estimate of drug-likeness (QED) is 0.316. The van der Waals surface area contributed by atoms with Gasteiger partial charge in [0.1, 0.15) is 22.0 Å². The minimum Gasteiger partial charge on any atom is -0.382 e. The molecular formula is C25H24N10O3S2. The number of nitrogens with one attached hydrogen (secondary N) is 1. The van der Waals surface area contributed by atoms with E-state index in [-0.39, 0.29) is 40.4 Å². The number of aromatic amines is 1. The summed E-state index contributed by atoms with van der Waals surface area (Å²) in [5, 5.41) is 13.6. The Balaban J connectivity index is 1.29. The molecule has 7 heterocycles. The second kappa shape index (κ2) is 9.16. The second-order valence-electron chi connectivity index (χ2n) is 10.1. The van der Waals surface area contributed by atoms with Gasteiger partial charge in [-0.05, 0) is 31.7 Å². The molecule has 7 rings (SSSR count). The van der Waals surface area contributed by atoms with E-state index in [1.165, 1.54) is 22.2 Å². The van der Waals surface area contributed by atoms with Crippen molar-refractivity contribution < 1.29 is 13.2 Å². The Morgan fingerprint density at radius 3 is 2.55 bits per heavy atom. The third-order valence-corrected chi connectivity index (χ3v) is 9.69. The smallest absolute Gasteiger partial charge is 0.291 e. The monoisotopic (exact) mass is 576 g/mol. The summed E-state index contributed by atoms with van der Waals surface area (Å²) in [6, 6.07) is 3.66. The van der Waals surface area contributed by atoms with Crippen LogP contribution in [0.25, 0.3) is 27.5 Å². The maximum absolute atomic E-state index is 13.1. The van der Waals surface area contributed by atoms with Gasteiger partial charge in [-0.25, -0.2) is 23.4 Å². The van der Waals surface area contributed by atoms with Gasteiger partial charge < -0.3 is 10.6 Å². The molecule has 0 saturated carbocycles. The molecular weight excluding hydrogens is 552 g/mol. The molecule has 0 aliphatic carbocycles. The molecule has 2 aliphatic heterocycles. The maximum atomic E-state index is 13.1. The van der Waals surface area contributed by atoms with E-state index < -0.39 is 9.84 Å². The third-order valence-electron chi connectivity index (χ3n) is 7.73. The van der Waals surface area contributed by atoms with Crippen LogP contribution >= 0.6 is 11.3 Å². The van der Waals surface area contributed by atoms with Crippen molar-refractivity contribution in [1.82, 2.24) is 44.6 Å². The fourth-order valence-electron chi connectivity index (χ4n) is 6.07. The van der Waals surface area contributed by atoms with Crippen molar-refractivity contribution in [3.63, 3.8) is 0 Å². The standard InChI is InChI=1S/C25H24N10O3S2/c1-40(37,38)20-19(14-8-15-3-4-16(9-14)34(15)25(36)22-29-12-30-33-22)32-23-17(11-31-35(23)21(20)26)13-2-5-18(28-10-13)24-27-6-7-39-24/h2,5-7,10-12,14-16H,3-4,8-9,26H2,1H3,(H,29,30,33)/t15-,16-/m1/s1. The zero-order valence-electron chi connectivity index (χ0n) is 21.3. The Hall–Kier alpha value is -4.24. The minimum absolute atomic E-state index is 0.00805. The second-order valence-corrected chi connectivity index (χ2v) is 13.0. The summed E-state index contributed by atoms with van der Waals surface area (Å²) in [5.41, 5.74) is 9.58. The minimum atomic E-state index is -3.74.